The standard InChI is InChI=1S/C11H18N2O3S/c1-2-11(3-4-11)6-12-10(16)13-7-17-5-8(13)9(14)15/h8H,2-7H2,1H3,(H,12,16)(H,14,15). The van der Waals surface area contributed by atoms with Gasteiger partial charge in [0, 0.05) is 12.3 Å². The van der Waals surface area contributed by atoms with E-state index in [9.17, 15) is 9.59 Å². The summed E-state index contributed by atoms with van der Waals surface area (Å²) in [6.07, 6.45) is 3.41. The Morgan fingerprint density at radius 1 is 1.53 bits per heavy atom. The molecule has 0 radical (unpaired) electrons. The maximum absolute atomic E-state index is 11.9. The molecule has 1 unspecified atom stereocenters. The number of thioether (sulfide) groups is 1. The minimum absolute atomic E-state index is 0.234. The molecule has 96 valence electrons. The van der Waals surface area contributed by atoms with Crippen LogP contribution in [0.2, 0.25) is 0 Å². The third-order valence-corrected chi connectivity index (χ3v) is 4.76. The fourth-order valence-corrected chi connectivity index (χ4v) is 3.19. The number of carbonyl (C=O) groups excluding carboxylic acids is 1. The number of nitrogens with zero attached hydrogens (tertiary/aromatic N) is 1. The number of carboxylic acids is 1. The van der Waals surface area contributed by atoms with E-state index in [1.54, 1.807) is 0 Å². The van der Waals surface area contributed by atoms with Gasteiger partial charge in [0.25, 0.3) is 0 Å². The molecular formula is C11H18N2O3S. The summed E-state index contributed by atoms with van der Waals surface area (Å²) < 4.78 is 0. The highest BCUT2D eigenvalue weighted by Gasteiger charge is 2.42. The summed E-state index contributed by atoms with van der Waals surface area (Å²) in [6.45, 7) is 2.81. The van der Waals surface area contributed by atoms with Crippen LogP contribution >= 0.6 is 11.8 Å². The predicted molar refractivity (Wildman–Crippen MR) is 65.9 cm³/mol. The van der Waals surface area contributed by atoms with Crippen LogP contribution in [0.25, 0.3) is 0 Å². The Morgan fingerprint density at radius 3 is 2.76 bits per heavy atom. The molecule has 1 saturated carbocycles. The van der Waals surface area contributed by atoms with Crippen LogP contribution in [0.1, 0.15) is 26.2 Å². The fourth-order valence-electron chi connectivity index (χ4n) is 2.04. The zero-order valence-corrected chi connectivity index (χ0v) is 10.8. The number of aliphatic carboxylic acids is 1. The average Bonchev–Trinajstić information content (AvgIpc) is 2.91. The van der Waals surface area contributed by atoms with Crippen LogP contribution in [0, 0.1) is 5.41 Å². The number of hydrogen-bond donors (Lipinski definition) is 2. The lowest BCUT2D eigenvalue weighted by Gasteiger charge is -2.22. The SMILES string of the molecule is CCC1(CNC(=O)N2CSCC2C(=O)O)CC1. The molecule has 1 heterocycles. The summed E-state index contributed by atoms with van der Waals surface area (Å²) >= 11 is 1.49. The van der Waals surface area contributed by atoms with Gasteiger partial charge in [-0.05, 0) is 24.7 Å². The zero-order chi connectivity index (χ0) is 12.5. The Kier molecular flexibility index (Phi) is 3.51. The Morgan fingerprint density at radius 2 is 2.24 bits per heavy atom. The highest BCUT2D eigenvalue weighted by Crippen LogP contribution is 2.47. The molecule has 0 aromatic carbocycles. The van der Waals surface area contributed by atoms with Crippen LogP contribution in [0.3, 0.4) is 0 Å². The first-order valence-corrected chi connectivity index (χ1v) is 7.08. The number of amides is 2. The molecule has 1 aliphatic heterocycles. The number of urea groups is 1. The van der Waals surface area contributed by atoms with Crippen molar-refractivity contribution < 1.29 is 14.7 Å². The molecule has 17 heavy (non-hydrogen) atoms. The predicted octanol–water partition coefficient (Wildman–Crippen LogP) is 1.35. The molecule has 0 aromatic rings. The van der Waals surface area contributed by atoms with Gasteiger partial charge >= 0.3 is 12.0 Å². The van der Waals surface area contributed by atoms with Crippen molar-refractivity contribution in [3.8, 4) is 0 Å². The van der Waals surface area contributed by atoms with Crippen molar-refractivity contribution in [1.29, 1.82) is 0 Å². The Labute approximate surface area is 105 Å². The van der Waals surface area contributed by atoms with Gasteiger partial charge in [0.2, 0.25) is 0 Å². The molecule has 1 saturated heterocycles. The molecule has 1 atom stereocenters. The van der Waals surface area contributed by atoms with Crippen LogP contribution in [-0.2, 0) is 4.79 Å². The van der Waals surface area contributed by atoms with Crippen LogP contribution in [-0.4, -0.2) is 46.2 Å². The van der Waals surface area contributed by atoms with Crippen LogP contribution in [0.15, 0.2) is 0 Å². The molecule has 2 fully saturated rings. The molecule has 2 rings (SSSR count). The van der Waals surface area contributed by atoms with E-state index < -0.39 is 12.0 Å². The van der Waals surface area contributed by atoms with E-state index in [0.29, 0.717) is 23.6 Å². The number of hydrogen-bond acceptors (Lipinski definition) is 3. The van der Waals surface area contributed by atoms with Gasteiger partial charge < -0.3 is 15.3 Å². The molecule has 1 aliphatic carbocycles. The maximum atomic E-state index is 11.9. The largest absolute Gasteiger partial charge is 0.480 e. The second-order valence-electron chi connectivity index (χ2n) is 4.84. The van der Waals surface area contributed by atoms with Crippen molar-refractivity contribution in [3.63, 3.8) is 0 Å². The van der Waals surface area contributed by atoms with E-state index in [1.807, 2.05) is 0 Å². The Hall–Kier alpha value is -0.910. The lowest BCUT2D eigenvalue weighted by Crippen LogP contribution is -2.48. The summed E-state index contributed by atoms with van der Waals surface area (Å²) in [4.78, 5) is 24.3. The summed E-state index contributed by atoms with van der Waals surface area (Å²) in [6, 6.07) is -0.904. The highest BCUT2D eigenvalue weighted by atomic mass is 32.2. The first-order chi connectivity index (χ1) is 8.08. The zero-order valence-electron chi connectivity index (χ0n) is 9.94. The van der Waals surface area contributed by atoms with Crippen molar-refractivity contribution in [2.24, 2.45) is 5.41 Å². The van der Waals surface area contributed by atoms with Crippen LogP contribution in [0.5, 0.6) is 0 Å². The van der Waals surface area contributed by atoms with E-state index in [1.165, 1.54) is 29.5 Å². The first-order valence-electron chi connectivity index (χ1n) is 5.93. The lowest BCUT2D eigenvalue weighted by molar-refractivity contribution is -0.140. The van der Waals surface area contributed by atoms with Gasteiger partial charge in [-0.25, -0.2) is 9.59 Å². The normalized spacial score (nSPS) is 25.7. The molecule has 6 heteroatoms. The lowest BCUT2D eigenvalue weighted by atomic mass is 10.0. The van der Waals surface area contributed by atoms with Crippen molar-refractivity contribution >= 4 is 23.8 Å². The van der Waals surface area contributed by atoms with E-state index in [0.717, 1.165) is 6.42 Å². The molecule has 0 bridgehead atoms. The average molecular weight is 258 g/mol. The topological polar surface area (TPSA) is 69.6 Å². The smallest absolute Gasteiger partial charge is 0.327 e. The third kappa shape index (κ3) is 2.68. The van der Waals surface area contributed by atoms with Gasteiger partial charge in [0.05, 0.1) is 5.88 Å². The highest BCUT2D eigenvalue weighted by molar-refractivity contribution is 7.99. The molecular weight excluding hydrogens is 240 g/mol. The van der Waals surface area contributed by atoms with E-state index in [4.69, 9.17) is 5.11 Å². The summed E-state index contributed by atoms with van der Waals surface area (Å²) in [5, 5.41) is 11.9. The molecule has 0 aromatic heterocycles. The number of carboxylic acid groups (broad SMARTS) is 1. The third-order valence-electron chi connectivity index (χ3n) is 3.75. The Balaban J connectivity index is 1.85. The van der Waals surface area contributed by atoms with Gasteiger partial charge in [0.1, 0.15) is 6.04 Å². The van der Waals surface area contributed by atoms with Gasteiger partial charge in [-0.15, -0.1) is 11.8 Å². The first kappa shape index (κ1) is 12.5. The monoisotopic (exact) mass is 258 g/mol. The van der Waals surface area contributed by atoms with Crippen molar-refractivity contribution in [1.82, 2.24) is 10.2 Å². The number of rotatable bonds is 4. The van der Waals surface area contributed by atoms with Gasteiger partial charge in [-0.1, -0.05) is 6.92 Å². The minimum Gasteiger partial charge on any atom is -0.480 e. The minimum atomic E-state index is -0.915. The van der Waals surface area contributed by atoms with Crippen molar-refractivity contribution in [3.05, 3.63) is 0 Å². The quantitative estimate of drug-likeness (QED) is 0.798. The van der Waals surface area contributed by atoms with E-state index >= 15 is 0 Å². The van der Waals surface area contributed by atoms with Crippen molar-refractivity contribution in [2.45, 2.75) is 32.2 Å². The summed E-state index contributed by atoms with van der Waals surface area (Å²) in [5.41, 5.74) is 0.293. The van der Waals surface area contributed by atoms with E-state index in [2.05, 4.69) is 12.2 Å². The van der Waals surface area contributed by atoms with Gasteiger partial charge in [-0.3, -0.25) is 0 Å². The second kappa shape index (κ2) is 4.76. The summed E-state index contributed by atoms with van der Waals surface area (Å²) in [5.74, 6) is 0.0469. The number of carbonyl (C=O) groups is 2. The van der Waals surface area contributed by atoms with Crippen LogP contribution in [0.4, 0.5) is 4.79 Å². The van der Waals surface area contributed by atoms with Crippen LogP contribution < -0.4 is 5.32 Å². The molecule has 0 spiro atoms. The van der Waals surface area contributed by atoms with E-state index in [-0.39, 0.29) is 6.03 Å². The number of nitrogens with one attached hydrogen (secondary N) is 1. The Bertz CT molecular complexity index is 331. The molecule has 5 nitrogen and oxygen atoms in total. The molecule has 2 N–H and O–H groups in total. The van der Waals surface area contributed by atoms with Crippen molar-refractivity contribution in [2.75, 3.05) is 18.2 Å². The fraction of sp³-hybridized carbons (Fsp3) is 0.818. The van der Waals surface area contributed by atoms with Gasteiger partial charge in [0.15, 0.2) is 0 Å². The molecule has 2 amide bonds. The summed E-state index contributed by atoms with van der Waals surface area (Å²) in [7, 11) is 0. The van der Waals surface area contributed by atoms with Gasteiger partial charge in [-0.2, -0.15) is 0 Å². The molecule has 2 aliphatic rings. The maximum Gasteiger partial charge on any atom is 0.327 e. The second-order valence-corrected chi connectivity index (χ2v) is 5.84.